The van der Waals surface area contributed by atoms with Crippen LogP contribution >= 0.6 is 11.6 Å². The van der Waals surface area contributed by atoms with Crippen molar-refractivity contribution in [1.82, 2.24) is 10.6 Å². The van der Waals surface area contributed by atoms with Crippen molar-refractivity contribution in [2.75, 3.05) is 20.3 Å². The molecular formula is C28H33ClN4O6. The van der Waals surface area contributed by atoms with Crippen molar-refractivity contribution in [3.05, 3.63) is 82.9 Å². The van der Waals surface area contributed by atoms with Gasteiger partial charge in [0.25, 0.3) is 0 Å². The zero-order valence-electron chi connectivity index (χ0n) is 21.5. The van der Waals surface area contributed by atoms with Gasteiger partial charge in [0.1, 0.15) is 24.4 Å². The Hall–Kier alpha value is -3.25. The fraction of sp³-hybridized carbons (Fsp3) is 0.357. The van der Waals surface area contributed by atoms with Gasteiger partial charge < -0.3 is 40.4 Å². The van der Waals surface area contributed by atoms with Gasteiger partial charge in [-0.1, -0.05) is 60.1 Å². The molecule has 1 aliphatic rings. The van der Waals surface area contributed by atoms with E-state index in [0.717, 1.165) is 21.9 Å². The van der Waals surface area contributed by atoms with E-state index < -0.39 is 36.6 Å². The van der Waals surface area contributed by atoms with Crippen LogP contribution in [0.5, 0.6) is 0 Å². The summed E-state index contributed by atoms with van der Waals surface area (Å²) in [5.41, 5.74) is 7.12. The summed E-state index contributed by atoms with van der Waals surface area (Å²) in [6, 6.07) is 20.5. The van der Waals surface area contributed by atoms with Crippen LogP contribution in [-0.4, -0.2) is 67.9 Å². The van der Waals surface area contributed by atoms with Crippen molar-refractivity contribution in [1.29, 1.82) is 5.41 Å². The SMILES string of the molecule is CO[C@@H]1C(NC(=O)CNC(=N)N)C(OCc2ccc(Cl)cc2)OC(COCc2ccc3ccccc3c2)[C@H]1O. The van der Waals surface area contributed by atoms with E-state index in [2.05, 4.69) is 16.7 Å². The maximum atomic E-state index is 12.5. The molecule has 0 saturated carbocycles. The molecule has 3 aromatic carbocycles. The molecule has 6 N–H and O–H groups in total. The monoisotopic (exact) mass is 556 g/mol. The smallest absolute Gasteiger partial charge is 0.239 e. The van der Waals surface area contributed by atoms with E-state index in [1.165, 1.54) is 7.11 Å². The summed E-state index contributed by atoms with van der Waals surface area (Å²) in [4.78, 5) is 12.5. The maximum Gasteiger partial charge on any atom is 0.239 e. The minimum Gasteiger partial charge on any atom is -0.388 e. The molecule has 1 amide bonds. The highest BCUT2D eigenvalue weighted by Gasteiger charge is 2.47. The Balaban J connectivity index is 1.44. The zero-order chi connectivity index (χ0) is 27.8. The molecule has 5 atom stereocenters. The lowest BCUT2D eigenvalue weighted by atomic mass is 9.96. The molecule has 4 rings (SSSR count). The molecule has 10 nitrogen and oxygen atoms in total. The molecule has 0 aromatic heterocycles. The first kappa shape index (κ1) is 28.8. The van der Waals surface area contributed by atoms with Crippen molar-refractivity contribution < 1.29 is 28.8 Å². The van der Waals surface area contributed by atoms with Crippen LogP contribution in [0, 0.1) is 5.41 Å². The topological polar surface area (TPSA) is 148 Å². The molecule has 1 aliphatic heterocycles. The lowest BCUT2D eigenvalue weighted by Crippen LogP contribution is -2.66. The van der Waals surface area contributed by atoms with E-state index in [1.807, 2.05) is 48.5 Å². The van der Waals surface area contributed by atoms with Gasteiger partial charge in [0.2, 0.25) is 5.91 Å². The average Bonchev–Trinajstić information content (AvgIpc) is 2.93. The van der Waals surface area contributed by atoms with Gasteiger partial charge in [-0.2, -0.15) is 0 Å². The highest BCUT2D eigenvalue weighted by Crippen LogP contribution is 2.26. The van der Waals surface area contributed by atoms with E-state index in [4.69, 9.17) is 41.7 Å². The summed E-state index contributed by atoms with van der Waals surface area (Å²) in [6.45, 7) is 0.321. The first-order valence-corrected chi connectivity index (χ1v) is 12.9. The number of carbonyl (C=O) groups excluding carboxylic acids is 1. The Kier molecular flexibility index (Phi) is 10.1. The highest BCUT2D eigenvalue weighted by molar-refractivity contribution is 6.30. The minimum atomic E-state index is -1.12. The van der Waals surface area contributed by atoms with Crippen molar-refractivity contribution >= 4 is 34.2 Å². The van der Waals surface area contributed by atoms with Gasteiger partial charge in [0.15, 0.2) is 12.2 Å². The molecule has 3 unspecified atom stereocenters. The maximum absolute atomic E-state index is 12.5. The number of hydrogen-bond acceptors (Lipinski definition) is 7. The van der Waals surface area contributed by atoms with Gasteiger partial charge >= 0.3 is 0 Å². The third-order valence-corrected chi connectivity index (χ3v) is 6.66. The Morgan fingerprint density at radius 3 is 2.51 bits per heavy atom. The standard InChI is InChI=1S/C28H33ClN4O6/c1-36-26-24(33-23(34)13-32-28(30)31)27(38-15-17-7-10-21(29)11-8-17)39-22(25(26)35)16-37-14-18-6-9-19-4-2-3-5-20(19)12-18/h2-12,22,24-27,35H,13-16H2,1H3,(H,33,34)(H4,30,31,32)/t22?,24?,25-,26-,27?/m1/s1. The Morgan fingerprint density at radius 1 is 1.08 bits per heavy atom. The summed E-state index contributed by atoms with van der Waals surface area (Å²) in [5, 5.41) is 26.4. The fourth-order valence-electron chi connectivity index (χ4n) is 4.43. The van der Waals surface area contributed by atoms with Crippen LogP contribution in [-0.2, 0) is 37.0 Å². The molecule has 3 aromatic rings. The number of nitrogens with one attached hydrogen (secondary N) is 3. The third kappa shape index (κ3) is 7.89. The molecule has 39 heavy (non-hydrogen) atoms. The number of benzene rings is 3. The summed E-state index contributed by atoms with van der Waals surface area (Å²) in [5.74, 6) is -0.813. The Bertz CT molecular complexity index is 1260. The number of fused-ring (bicyclic) bond motifs is 1. The molecule has 1 saturated heterocycles. The van der Waals surface area contributed by atoms with E-state index in [0.29, 0.717) is 11.6 Å². The van der Waals surface area contributed by atoms with E-state index in [-0.39, 0.29) is 25.7 Å². The number of amides is 1. The summed E-state index contributed by atoms with van der Waals surface area (Å²) in [7, 11) is 1.44. The third-order valence-electron chi connectivity index (χ3n) is 6.41. The zero-order valence-corrected chi connectivity index (χ0v) is 22.3. The number of aliphatic hydroxyl groups is 1. The summed E-state index contributed by atoms with van der Waals surface area (Å²) in [6.07, 6.45) is -3.73. The van der Waals surface area contributed by atoms with Crippen molar-refractivity contribution in [3.63, 3.8) is 0 Å². The van der Waals surface area contributed by atoms with Crippen LogP contribution in [0.1, 0.15) is 11.1 Å². The molecule has 0 spiro atoms. The second-order valence-electron chi connectivity index (χ2n) is 9.23. The van der Waals surface area contributed by atoms with Gasteiger partial charge in [0.05, 0.1) is 26.4 Å². The number of aliphatic hydroxyl groups excluding tert-OH is 1. The van der Waals surface area contributed by atoms with Crippen LogP contribution in [0.2, 0.25) is 5.02 Å². The molecule has 0 bridgehead atoms. The van der Waals surface area contributed by atoms with Crippen molar-refractivity contribution in [2.24, 2.45) is 5.73 Å². The second-order valence-corrected chi connectivity index (χ2v) is 9.66. The number of methoxy groups -OCH3 is 1. The van der Waals surface area contributed by atoms with E-state index >= 15 is 0 Å². The summed E-state index contributed by atoms with van der Waals surface area (Å²) >= 11 is 5.99. The number of rotatable bonds is 11. The summed E-state index contributed by atoms with van der Waals surface area (Å²) < 4.78 is 23.7. The molecule has 208 valence electrons. The predicted octanol–water partition coefficient (Wildman–Crippen LogP) is 2.30. The molecule has 1 fully saturated rings. The number of nitrogens with two attached hydrogens (primary N) is 1. The molecule has 0 aliphatic carbocycles. The number of guanidine groups is 1. The Morgan fingerprint density at radius 2 is 1.79 bits per heavy atom. The number of carbonyl (C=O) groups is 1. The van der Waals surface area contributed by atoms with Gasteiger partial charge in [0, 0.05) is 12.1 Å². The molecule has 0 radical (unpaired) electrons. The largest absolute Gasteiger partial charge is 0.388 e. The lowest BCUT2D eigenvalue weighted by Gasteiger charge is -2.44. The van der Waals surface area contributed by atoms with Crippen LogP contribution in [0.3, 0.4) is 0 Å². The fourth-order valence-corrected chi connectivity index (χ4v) is 4.55. The lowest BCUT2D eigenvalue weighted by molar-refractivity contribution is -0.279. The van der Waals surface area contributed by atoms with Crippen molar-refractivity contribution in [3.8, 4) is 0 Å². The van der Waals surface area contributed by atoms with Gasteiger partial charge in [-0.25, -0.2) is 0 Å². The Labute approximate surface area is 231 Å². The van der Waals surface area contributed by atoms with E-state index in [9.17, 15) is 9.90 Å². The van der Waals surface area contributed by atoms with Gasteiger partial charge in [-0.05, 0) is 40.1 Å². The first-order valence-electron chi connectivity index (χ1n) is 12.5. The van der Waals surface area contributed by atoms with E-state index in [1.54, 1.807) is 12.1 Å². The molecule has 11 heteroatoms. The molecule has 1 heterocycles. The average molecular weight is 557 g/mol. The van der Waals surface area contributed by atoms with Crippen LogP contribution < -0.4 is 16.4 Å². The van der Waals surface area contributed by atoms with Crippen molar-refractivity contribution in [2.45, 2.75) is 43.9 Å². The predicted molar refractivity (Wildman–Crippen MR) is 147 cm³/mol. The quantitative estimate of drug-likeness (QED) is 0.178. The van der Waals surface area contributed by atoms with Crippen LogP contribution in [0.25, 0.3) is 10.8 Å². The molecular weight excluding hydrogens is 524 g/mol. The number of halogens is 1. The highest BCUT2D eigenvalue weighted by atomic mass is 35.5. The van der Waals surface area contributed by atoms with Crippen LogP contribution in [0.15, 0.2) is 66.7 Å². The number of ether oxygens (including phenoxy) is 4. The second kappa shape index (κ2) is 13.7. The number of hydrogen-bond donors (Lipinski definition) is 5. The van der Waals surface area contributed by atoms with Gasteiger partial charge in [-0.3, -0.25) is 10.2 Å². The minimum absolute atomic E-state index is 0.0707. The first-order chi connectivity index (χ1) is 18.8. The normalized spacial score (nSPS) is 22.9. The van der Waals surface area contributed by atoms with Crippen LogP contribution in [0.4, 0.5) is 0 Å². The van der Waals surface area contributed by atoms with Gasteiger partial charge in [-0.15, -0.1) is 0 Å².